The number of nitrogens with one attached hydrogen (secondary N) is 1. The molecule has 8 heteroatoms. The molecule has 3 N–H and O–H groups in total. The Morgan fingerprint density at radius 1 is 1.40 bits per heavy atom. The van der Waals surface area contributed by atoms with E-state index < -0.39 is 24.5 Å². The number of amides is 1. The Hall–Kier alpha value is -2.74. The third-order valence-electron chi connectivity index (χ3n) is 2.56. The summed E-state index contributed by atoms with van der Waals surface area (Å²) in [6, 6.07) is 1.77. The lowest BCUT2D eigenvalue weighted by molar-refractivity contribution is -0.140. The van der Waals surface area contributed by atoms with E-state index in [2.05, 4.69) is 15.3 Å². The van der Waals surface area contributed by atoms with Crippen molar-refractivity contribution in [2.45, 2.75) is 6.04 Å². The monoisotopic (exact) mass is 276 g/mol. The summed E-state index contributed by atoms with van der Waals surface area (Å²) in [5.74, 6) is -1.34. The van der Waals surface area contributed by atoms with E-state index in [0.29, 0.717) is 5.82 Å². The normalized spacial score (nSPS) is 11.8. The number of pyridine rings is 1. The predicted octanol–water partition coefficient (Wildman–Crippen LogP) is -0.557. The lowest BCUT2D eigenvalue weighted by atomic mass is 10.2. The number of hydrogen-bond donors (Lipinski definition) is 3. The quantitative estimate of drug-likeness (QED) is 0.674. The fraction of sp³-hybridized carbons (Fsp3) is 0.167. The molecule has 0 aliphatic rings. The molecule has 2 rings (SSSR count). The summed E-state index contributed by atoms with van der Waals surface area (Å²) in [5.41, 5.74) is 0.202. The van der Waals surface area contributed by atoms with Crippen LogP contribution < -0.4 is 5.32 Å². The van der Waals surface area contributed by atoms with E-state index in [1.165, 1.54) is 12.3 Å². The fourth-order valence-corrected chi connectivity index (χ4v) is 1.49. The summed E-state index contributed by atoms with van der Waals surface area (Å²) in [5, 5.41) is 19.8. The van der Waals surface area contributed by atoms with Gasteiger partial charge in [0, 0.05) is 18.6 Å². The van der Waals surface area contributed by atoms with Crippen LogP contribution in [0.4, 0.5) is 0 Å². The zero-order chi connectivity index (χ0) is 14.5. The summed E-state index contributed by atoms with van der Waals surface area (Å²) >= 11 is 0. The number of carbonyl (C=O) groups is 2. The highest BCUT2D eigenvalue weighted by atomic mass is 16.4. The number of carbonyl (C=O) groups excluding carboxylic acids is 1. The zero-order valence-electron chi connectivity index (χ0n) is 10.3. The maximum atomic E-state index is 11.8. The number of carboxylic acid groups (broad SMARTS) is 1. The minimum Gasteiger partial charge on any atom is -0.480 e. The minimum atomic E-state index is -1.34. The van der Waals surface area contributed by atoms with E-state index in [9.17, 15) is 9.59 Å². The Balaban J connectivity index is 2.10. The molecule has 0 saturated carbocycles. The Bertz CT molecular complexity index is 594. The third kappa shape index (κ3) is 2.98. The molecule has 2 heterocycles. The van der Waals surface area contributed by atoms with Crippen LogP contribution in [0.3, 0.4) is 0 Å². The number of imidazole rings is 1. The average Bonchev–Trinajstić information content (AvgIpc) is 2.98. The maximum Gasteiger partial charge on any atom is 0.328 e. The van der Waals surface area contributed by atoms with E-state index in [0.717, 1.165) is 0 Å². The highest BCUT2D eigenvalue weighted by Crippen LogP contribution is 2.05. The molecule has 8 nitrogen and oxygen atoms in total. The van der Waals surface area contributed by atoms with Crippen molar-refractivity contribution in [3.63, 3.8) is 0 Å². The molecule has 2 aromatic heterocycles. The lowest BCUT2D eigenvalue weighted by Gasteiger charge is -2.11. The SMILES string of the molecule is O=C(N[C@@H](CO)C(=O)O)c1ccc(-n2ccnc2)nc1. The van der Waals surface area contributed by atoms with Crippen LogP contribution >= 0.6 is 0 Å². The van der Waals surface area contributed by atoms with Gasteiger partial charge in [-0.05, 0) is 12.1 Å². The smallest absolute Gasteiger partial charge is 0.328 e. The molecule has 1 atom stereocenters. The standard InChI is InChI=1S/C12H12N4O4/c17-6-9(12(19)20)15-11(18)8-1-2-10(14-5-8)16-4-3-13-7-16/h1-5,7,9,17H,6H2,(H,15,18)(H,19,20)/t9-/m0/s1. The summed E-state index contributed by atoms with van der Waals surface area (Å²) < 4.78 is 1.66. The first-order valence-corrected chi connectivity index (χ1v) is 5.70. The molecule has 0 unspecified atom stereocenters. The van der Waals surface area contributed by atoms with Gasteiger partial charge in [0.1, 0.15) is 12.1 Å². The van der Waals surface area contributed by atoms with Crippen molar-refractivity contribution in [1.29, 1.82) is 0 Å². The van der Waals surface area contributed by atoms with Crippen LogP contribution in [0.2, 0.25) is 0 Å². The van der Waals surface area contributed by atoms with Gasteiger partial charge >= 0.3 is 5.97 Å². The second-order valence-electron chi connectivity index (χ2n) is 3.92. The topological polar surface area (TPSA) is 117 Å². The van der Waals surface area contributed by atoms with Gasteiger partial charge in [-0.15, -0.1) is 0 Å². The molecule has 1 amide bonds. The van der Waals surface area contributed by atoms with Gasteiger partial charge in [-0.25, -0.2) is 14.8 Å². The number of aliphatic carboxylic acids is 1. The molecule has 0 aliphatic carbocycles. The highest BCUT2D eigenvalue weighted by Gasteiger charge is 2.19. The number of carboxylic acids is 1. The Morgan fingerprint density at radius 3 is 2.70 bits per heavy atom. The van der Waals surface area contributed by atoms with Crippen molar-refractivity contribution >= 4 is 11.9 Å². The van der Waals surface area contributed by atoms with Crippen LogP contribution in [0.1, 0.15) is 10.4 Å². The van der Waals surface area contributed by atoms with Gasteiger partial charge in [-0.2, -0.15) is 0 Å². The minimum absolute atomic E-state index is 0.202. The number of nitrogens with zero attached hydrogens (tertiary/aromatic N) is 3. The van der Waals surface area contributed by atoms with Gasteiger partial charge < -0.3 is 15.5 Å². The van der Waals surface area contributed by atoms with Crippen molar-refractivity contribution < 1.29 is 19.8 Å². The largest absolute Gasteiger partial charge is 0.480 e. The number of aliphatic hydroxyl groups excluding tert-OH is 1. The zero-order valence-corrected chi connectivity index (χ0v) is 10.3. The predicted molar refractivity (Wildman–Crippen MR) is 67.3 cm³/mol. The van der Waals surface area contributed by atoms with Crippen molar-refractivity contribution in [2.24, 2.45) is 0 Å². The van der Waals surface area contributed by atoms with Gasteiger partial charge in [0.05, 0.1) is 12.2 Å². The van der Waals surface area contributed by atoms with E-state index in [4.69, 9.17) is 10.2 Å². The summed E-state index contributed by atoms with van der Waals surface area (Å²) in [6.07, 6.45) is 6.19. The van der Waals surface area contributed by atoms with Crippen molar-refractivity contribution in [1.82, 2.24) is 19.9 Å². The number of aliphatic hydroxyl groups is 1. The third-order valence-corrected chi connectivity index (χ3v) is 2.56. The lowest BCUT2D eigenvalue weighted by Crippen LogP contribution is -2.43. The second kappa shape index (κ2) is 5.93. The molecule has 0 aliphatic heterocycles. The van der Waals surface area contributed by atoms with Crippen LogP contribution in [0.15, 0.2) is 37.1 Å². The van der Waals surface area contributed by atoms with E-state index in [-0.39, 0.29) is 5.56 Å². The second-order valence-corrected chi connectivity index (χ2v) is 3.92. The number of rotatable bonds is 5. The van der Waals surface area contributed by atoms with Gasteiger partial charge in [-0.1, -0.05) is 0 Å². The maximum absolute atomic E-state index is 11.8. The average molecular weight is 276 g/mol. The molecule has 0 bridgehead atoms. The molecule has 20 heavy (non-hydrogen) atoms. The molecule has 0 fully saturated rings. The van der Waals surface area contributed by atoms with Crippen molar-refractivity contribution in [3.05, 3.63) is 42.6 Å². The summed E-state index contributed by atoms with van der Waals surface area (Å²) in [7, 11) is 0. The van der Waals surface area contributed by atoms with Gasteiger partial charge in [-0.3, -0.25) is 9.36 Å². The first-order chi connectivity index (χ1) is 9.61. The molecule has 104 valence electrons. The molecule has 0 aromatic carbocycles. The first-order valence-electron chi connectivity index (χ1n) is 5.70. The van der Waals surface area contributed by atoms with Crippen LogP contribution in [0, 0.1) is 0 Å². The van der Waals surface area contributed by atoms with Gasteiger partial charge in [0.2, 0.25) is 0 Å². The molecule has 0 saturated heterocycles. The van der Waals surface area contributed by atoms with E-state index in [1.54, 1.807) is 29.4 Å². The molecule has 2 aromatic rings. The molecular weight excluding hydrogens is 264 g/mol. The Kier molecular flexibility index (Phi) is 4.06. The highest BCUT2D eigenvalue weighted by molar-refractivity contribution is 5.96. The van der Waals surface area contributed by atoms with Crippen molar-refractivity contribution in [3.8, 4) is 5.82 Å². The van der Waals surface area contributed by atoms with Crippen LogP contribution in [-0.4, -0.2) is 49.3 Å². The number of hydrogen-bond acceptors (Lipinski definition) is 5. The van der Waals surface area contributed by atoms with Gasteiger partial charge in [0.15, 0.2) is 6.04 Å². The van der Waals surface area contributed by atoms with Gasteiger partial charge in [0.25, 0.3) is 5.91 Å². The van der Waals surface area contributed by atoms with Crippen LogP contribution in [0.25, 0.3) is 5.82 Å². The Labute approximate surface area is 113 Å². The molecular formula is C12H12N4O4. The Morgan fingerprint density at radius 2 is 2.20 bits per heavy atom. The van der Waals surface area contributed by atoms with Crippen LogP contribution in [-0.2, 0) is 4.79 Å². The molecule has 0 radical (unpaired) electrons. The fourth-order valence-electron chi connectivity index (χ4n) is 1.49. The van der Waals surface area contributed by atoms with E-state index >= 15 is 0 Å². The van der Waals surface area contributed by atoms with Crippen LogP contribution in [0.5, 0.6) is 0 Å². The van der Waals surface area contributed by atoms with E-state index in [1.807, 2.05) is 0 Å². The van der Waals surface area contributed by atoms with Crippen molar-refractivity contribution in [2.75, 3.05) is 6.61 Å². The summed E-state index contributed by atoms with van der Waals surface area (Å²) in [4.78, 5) is 30.4. The molecule has 0 spiro atoms. The number of aromatic nitrogens is 3. The first kappa shape index (κ1) is 13.7. The summed E-state index contributed by atoms with van der Waals surface area (Å²) in [6.45, 7) is -0.679.